The van der Waals surface area contributed by atoms with Crippen LogP contribution in [-0.2, 0) is 9.53 Å². The minimum absolute atomic E-state index is 0.0384. The molecule has 2 aromatic rings. The fraction of sp³-hybridized carbons (Fsp3) is 0.696. The summed E-state index contributed by atoms with van der Waals surface area (Å²) < 4.78 is 60.2. The Kier molecular flexibility index (Phi) is 7.14. The summed E-state index contributed by atoms with van der Waals surface area (Å²) in [5, 5.41) is 7.24. The second-order valence-corrected chi connectivity index (χ2v) is 9.59. The first-order valence-electron chi connectivity index (χ1n) is 11.8. The molecule has 0 spiro atoms. The summed E-state index contributed by atoms with van der Waals surface area (Å²) in [5.41, 5.74) is 8.11. The third-order valence-electron chi connectivity index (χ3n) is 6.85. The second-order valence-electron chi connectivity index (χ2n) is 9.59. The molecule has 2 aromatic heterocycles. The molecule has 2 aliphatic carbocycles. The predicted molar refractivity (Wildman–Crippen MR) is 116 cm³/mol. The summed E-state index contributed by atoms with van der Waals surface area (Å²) in [6, 6.07) is 0.778. The first-order chi connectivity index (χ1) is 16.0. The van der Waals surface area contributed by atoms with Crippen molar-refractivity contribution in [1.82, 2.24) is 19.9 Å². The van der Waals surface area contributed by atoms with Gasteiger partial charge in [0.05, 0.1) is 36.8 Å². The SMILES string of the molecule is CCOC[C@@H](NC(=O)CC1CC(F)(F)C1)c1cnn2cc([C@@H](N)C3CCC(F)(F)CC3)nc2c1. The second kappa shape index (κ2) is 9.77. The molecule has 2 saturated carbocycles. The van der Waals surface area contributed by atoms with E-state index in [1.165, 1.54) is 0 Å². The number of rotatable bonds is 9. The van der Waals surface area contributed by atoms with Crippen LogP contribution in [-0.4, -0.2) is 45.6 Å². The zero-order valence-corrected chi connectivity index (χ0v) is 19.2. The van der Waals surface area contributed by atoms with Crippen LogP contribution in [0.5, 0.6) is 0 Å². The molecule has 2 heterocycles. The van der Waals surface area contributed by atoms with Crippen LogP contribution in [0, 0.1) is 11.8 Å². The van der Waals surface area contributed by atoms with Crippen molar-refractivity contribution in [3.63, 3.8) is 0 Å². The predicted octanol–water partition coefficient (Wildman–Crippen LogP) is 4.18. The molecule has 0 bridgehead atoms. The molecule has 0 radical (unpaired) electrons. The highest BCUT2D eigenvalue weighted by Crippen LogP contribution is 2.44. The van der Waals surface area contributed by atoms with Crippen LogP contribution in [0.2, 0.25) is 0 Å². The Morgan fingerprint density at radius 3 is 2.62 bits per heavy atom. The van der Waals surface area contributed by atoms with Crippen molar-refractivity contribution in [3.8, 4) is 0 Å². The Morgan fingerprint density at radius 1 is 1.26 bits per heavy atom. The Bertz CT molecular complexity index is 996. The summed E-state index contributed by atoms with van der Waals surface area (Å²) in [6.07, 6.45) is 3.15. The summed E-state index contributed by atoms with van der Waals surface area (Å²) in [5.74, 6) is -5.99. The molecule has 0 unspecified atom stereocenters. The summed E-state index contributed by atoms with van der Waals surface area (Å²) in [4.78, 5) is 17.0. The van der Waals surface area contributed by atoms with Gasteiger partial charge in [-0.05, 0) is 37.7 Å². The maximum atomic E-state index is 13.5. The maximum absolute atomic E-state index is 13.5. The lowest BCUT2D eigenvalue weighted by Gasteiger charge is -2.34. The highest BCUT2D eigenvalue weighted by molar-refractivity contribution is 5.77. The molecule has 4 rings (SSSR count). The van der Waals surface area contributed by atoms with Gasteiger partial charge in [0.25, 0.3) is 0 Å². The van der Waals surface area contributed by atoms with Gasteiger partial charge in [0, 0.05) is 44.3 Å². The number of nitrogens with one attached hydrogen (secondary N) is 1. The average Bonchev–Trinajstić information content (AvgIpc) is 3.18. The van der Waals surface area contributed by atoms with Crippen molar-refractivity contribution in [2.45, 2.75) is 75.8 Å². The number of carbonyl (C=O) groups excluding carboxylic acids is 1. The van der Waals surface area contributed by atoms with Crippen molar-refractivity contribution < 1.29 is 27.1 Å². The van der Waals surface area contributed by atoms with E-state index >= 15 is 0 Å². The van der Waals surface area contributed by atoms with E-state index in [0.717, 1.165) is 0 Å². The van der Waals surface area contributed by atoms with E-state index in [0.29, 0.717) is 36.4 Å². The Labute approximate surface area is 195 Å². The zero-order valence-electron chi connectivity index (χ0n) is 19.2. The van der Waals surface area contributed by atoms with Gasteiger partial charge in [0.2, 0.25) is 17.8 Å². The summed E-state index contributed by atoms with van der Waals surface area (Å²) >= 11 is 0. The molecule has 3 N–H and O–H groups in total. The molecule has 0 saturated heterocycles. The number of hydrogen-bond donors (Lipinski definition) is 2. The standard InChI is InChI=1S/C23H31F4N5O2/c1-2-34-13-18(31-20(33)7-14-9-23(26,27)10-14)16-8-19-30-17(12-32(19)29-11-16)21(28)15-3-5-22(24,25)6-4-15/h8,11-12,14-15,18,21H,2-7,9-10,13,28H2,1H3,(H,31,33)/t18-,21+/m1/s1. The molecule has 0 aliphatic heterocycles. The van der Waals surface area contributed by atoms with Crippen LogP contribution < -0.4 is 11.1 Å². The van der Waals surface area contributed by atoms with Crippen LogP contribution in [0.25, 0.3) is 5.65 Å². The first-order valence-corrected chi connectivity index (χ1v) is 11.8. The minimum Gasteiger partial charge on any atom is -0.379 e. The van der Waals surface area contributed by atoms with Gasteiger partial charge in [-0.25, -0.2) is 27.1 Å². The lowest BCUT2D eigenvalue weighted by molar-refractivity contribution is -0.134. The number of imidazole rings is 1. The number of ether oxygens (including phenoxy) is 1. The van der Waals surface area contributed by atoms with Crippen molar-refractivity contribution in [3.05, 3.63) is 29.7 Å². The van der Waals surface area contributed by atoms with E-state index in [1.54, 1.807) is 23.0 Å². The topological polar surface area (TPSA) is 94.5 Å². The number of nitrogens with two attached hydrogens (primary N) is 1. The van der Waals surface area contributed by atoms with Crippen LogP contribution in [0.4, 0.5) is 17.6 Å². The van der Waals surface area contributed by atoms with Gasteiger partial charge in [-0.2, -0.15) is 5.10 Å². The molecule has 7 nitrogen and oxygen atoms in total. The Hall–Kier alpha value is -2.27. The number of amides is 1. The number of halogens is 4. The lowest BCUT2D eigenvalue weighted by Crippen LogP contribution is -2.40. The van der Waals surface area contributed by atoms with E-state index in [1.807, 2.05) is 6.92 Å². The fourth-order valence-electron chi connectivity index (χ4n) is 4.83. The smallest absolute Gasteiger partial charge is 0.248 e. The third kappa shape index (κ3) is 5.86. The van der Waals surface area contributed by atoms with Gasteiger partial charge in [-0.3, -0.25) is 4.79 Å². The van der Waals surface area contributed by atoms with Gasteiger partial charge in [-0.1, -0.05) is 0 Å². The number of hydrogen-bond acceptors (Lipinski definition) is 5. The molecule has 188 valence electrons. The largest absolute Gasteiger partial charge is 0.379 e. The van der Waals surface area contributed by atoms with Gasteiger partial charge in [0.15, 0.2) is 5.65 Å². The highest BCUT2D eigenvalue weighted by atomic mass is 19.3. The van der Waals surface area contributed by atoms with E-state index in [2.05, 4.69) is 15.4 Å². The Morgan fingerprint density at radius 2 is 1.97 bits per heavy atom. The van der Waals surface area contributed by atoms with E-state index < -0.39 is 23.9 Å². The zero-order chi connectivity index (χ0) is 24.5. The number of aromatic nitrogens is 3. The molecule has 34 heavy (non-hydrogen) atoms. The van der Waals surface area contributed by atoms with Crippen molar-refractivity contribution in [2.75, 3.05) is 13.2 Å². The lowest BCUT2D eigenvalue weighted by atomic mass is 9.79. The molecule has 0 aromatic carbocycles. The number of fused-ring (bicyclic) bond motifs is 1. The number of carbonyl (C=O) groups is 1. The van der Waals surface area contributed by atoms with Gasteiger partial charge in [-0.15, -0.1) is 0 Å². The van der Waals surface area contributed by atoms with E-state index in [9.17, 15) is 22.4 Å². The normalized spacial score (nSPS) is 22.3. The summed E-state index contributed by atoms with van der Waals surface area (Å²) in [7, 11) is 0. The quantitative estimate of drug-likeness (QED) is 0.520. The number of nitrogens with zero attached hydrogens (tertiary/aromatic N) is 3. The third-order valence-corrected chi connectivity index (χ3v) is 6.85. The molecule has 11 heteroatoms. The monoisotopic (exact) mass is 485 g/mol. The van der Waals surface area contributed by atoms with Crippen LogP contribution >= 0.6 is 0 Å². The first kappa shape index (κ1) is 24.8. The molecule has 2 fully saturated rings. The van der Waals surface area contributed by atoms with E-state index in [-0.39, 0.29) is 56.5 Å². The van der Waals surface area contributed by atoms with E-state index in [4.69, 9.17) is 10.5 Å². The van der Waals surface area contributed by atoms with Crippen LogP contribution in [0.1, 0.15) is 75.2 Å². The van der Waals surface area contributed by atoms with Crippen molar-refractivity contribution in [2.24, 2.45) is 17.6 Å². The van der Waals surface area contributed by atoms with Gasteiger partial charge in [0.1, 0.15) is 0 Å². The van der Waals surface area contributed by atoms with Crippen molar-refractivity contribution >= 4 is 11.6 Å². The maximum Gasteiger partial charge on any atom is 0.248 e. The average molecular weight is 486 g/mol. The summed E-state index contributed by atoms with van der Waals surface area (Å²) in [6.45, 7) is 2.48. The molecule has 1 amide bonds. The van der Waals surface area contributed by atoms with Gasteiger partial charge >= 0.3 is 0 Å². The molecular formula is C23H31F4N5O2. The molecule has 2 aliphatic rings. The van der Waals surface area contributed by atoms with Gasteiger partial charge < -0.3 is 15.8 Å². The fourth-order valence-corrected chi connectivity index (χ4v) is 4.83. The number of alkyl halides is 4. The van der Waals surface area contributed by atoms with Crippen LogP contribution in [0.3, 0.4) is 0 Å². The van der Waals surface area contributed by atoms with Crippen molar-refractivity contribution in [1.29, 1.82) is 0 Å². The molecular weight excluding hydrogens is 454 g/mol. The highest BCUT2D eigenvalue weighted by Gasteiger charge is 2.45. The Balaban J connectivity index is 1.45. The van der Waals surface area contributed by atoms with Crippen LogP contribution in [0.15, 0.2) is 18.5 Å². The minimum atomic E-state index is -2.66. The molecule has 2 atom stereocenters.